The summed E-state index contributed by atoms with van der Waals surface area (Å²) in [4.78, 5) is 9.71. The summed E-state index contributed by atoms with van der Waals surface area (Å²) in [5.41, 5.74) is -1.67. The van der Waals surface area contributed by atoms with Crippen molar-refractivity contribution in [2.24, 2.45) is 0 Å². The minimum Gasteiger partial charge on any atom is -0.364 e. The van der Waals surface area contributed by atoms with Gasteiger partial charge in [0.25, 0.3) is 5.69 Å². The van der Waals surface area contributed by atoms with Crippen LogP contribution in [0, 0.1) is 10.1 Å². The highest BCUT2D eigenvalue weighted by molar-refractivity contribution is 5.63. The quantitative estimate of drug-likeness (QED) is 0.612. The fraction of sp³-hybridized carbons (Fsp3) is 0.100. The van der Waals surface area contributed by atoms with Crippen molar-refractivity contribution in [1.82, 2.24) is 5.16 Å². The minimum atomic E-state index is -4.66. The zero-order chi connectivity index (χ0) is 13.3. The van der Waals surface area contributed by atoms with Gasteiger partial charge in [-0.2, -0.15) is 13.2 Å². The second-order valence-electron chi connectivity index (χ2n) is 3.41. The summed E-state index contributed by atoms with van der Waals surface area (Å²) in [6.07, 6.45) is -3.49. The Bertz CT molecular complexity index is 579. The fourth-order valence-electron chi connectivity index (χ4n) is 1.39. The predicted octanol–water partition coefficient (Wildman–Crippen LogP) is 3.27. The van der Waals surface area contributed by atoms with Gasteiger partial charge >= 0.3 is 6.18 Å². The van der Waals surface area contributed by atoms with E-state index in [1.807, 2.05) is 0 Å². The van der Waals surface area contributed by atoms with Gasteiger partial charge in [0.05, 0.1) is 10.5 Å². The molecule has 1 heterocycles. The van der Waals surface area contributed by atoms with Crippen LogP contribution in [0.25, 0.3) is 11.3 Å². The maximum Gasteiger partial charge on any atom is 0.416 e. The van der Waals surface area contributed by atoms with Crippen molar-refractivity contribution in [3.63, 3.8) is 0 Å². The number of halogens is 3. The van der Waals surface area contributed by atoms with Crippen molar-refractivity contribution < 1.29 is 22.6 Å². The number of hydrogen-bond donors (Lipinski definition) is 0. The number of nitro groups is 1. The smallest absolute Gasteiger partial charge is 0.364 e. The molecule has 0 fully saturated rings. The molecule has 0 spiro atoms. The summed E-state index contributed by atoms with van der Waals surface area (Å²) in [6.45, 7) is 0. The van der Waals surface area contributed by atoms with Gasteiger partial charge in [-0.05, 0) is 6.07 Å². The van der Waals surface area contributed by atoms with Gasteiger partial charge < -0.3 is 4.52 Å². The Hall–Kier alpha value is -2.38. The monoisotopic (exact) mass is 258 g/mol. The summed E-state index contributed by atoms with van der Waals surface area (Å²) in [5, 5.41) is 14.0. The van der Waals surface area contributed by atoms with Gasteiger partial charge in [0.15, 0.2) is 0 Å². The molecule has 0 saturated carbocycles. The van der Waals surface area contributed by atoms with Crippen LogP contribution in [0.5, 0.6) is 0 Å². The first-order chi connectivity index (χ1) is 8.38. The van der Waals surface area contributed by atoms with Crippen LogP contribution in [-0.4, -0.2) is 10.1 Å². The highest BCUT2D eigenvalue weighted by Crippen LogP contribution is 2.35. The van der Waals surface area contributed by atoms with E-state index in [9.17, 15) is 23.3 Å². The molecule has 0 aliphatic rings. The molecule has 0 bridgehead atoms. The molecule has 1 aromatic carbocycles. The largest absolute Gasteiger partial charge is 0.416 e. The third kappa shape index (κ3) is 2.31. The van der Waals surface area contributed by atoms with Crippen LogP contribution in [0.3, 0.4) is 0 Å². The summed E-state index contributed by atoms with van der Waals surface area (Å²) in [7, 11) is 0. The van der Waals surface area contributed by atoms with Gasteiger partial charge in [-0.3, -0.25) is 10.1 Å². The third-order valence-corrected chi connectivity index (χ3v) is 2.19. The van der Waals surface area contributed by atoms with E-state index in [2.05, 4.69) is 9.68 Å². The molecule has 0 unspecified atom stereocenters. The van der Waals surface area contributed by atoms with Crippen LogP contribution in [0.4, 0.5) is 18.9 Å². The van der Waals surface area contributed by atoms with Crippen molar-refractivity contribution in [1.29, 1.82) is 0 Å². The van der Waals surface area contributed by atoms with Crippen LogP contribution < -0.4 is 0 Å². The van der Waals surface area contributed by atoms with Gasteiger partial charge in [0.2, 0.25) is 0 Å². The van der Waals surface area contributed by atoms with E-state index in [-0.39, 0.29) is 11.3 Å². The van der Waals surface area contributed by atoms with Gasteiger partial charge in [0, 0.05) is 23.8 Å². The Morgan fingerprint density at radius 1 is 1.28 bits per heavy atom. The second-order valence-corrected chi connectivity index (χ2v) is 3.41. The zero-order valence-corrected chi connectivity index (χ0v) is 8.64. The maximum absolute atomic E-state index is 12.6. The molecule has 2 aromatic rings. The lowest BCUT2D eigenvalue weighted by molar-refractivity contribution is -0.385. The molecule has 0 amide bonds. The molecule has 5 nitrogen and oxygen atoms in total. The van der Waals surface area contributed by atoms with E-state index < -0.39 is 22.4 Å². The summed E-state index contributed by atoms with van der Waals surface area (Å²) < 4.78 is 42.3. The van der Waals surface area contributed by atoms with E-state index in [0.29, 0.717) is 6.07 Å². The van der Waals surface area contributed by atoms with Crippen LogP contribution in [-0.2, 0) is 6.18 Å². The first kappa shape index (κ1) is 12.1. The van der Waals surface area contributed by atoms with E-state index in [1.165, 1.54) is 12.3 Å². The van der Waals surface area contributed by atoms with Crippen LogP contribution in [0.1, 0.15) is 5.56 Å². The van der Waals surface area contributed by atoms with Gasteiger partial charge in [0.1, 0.15) is 12.0 Å². The van der Waals surface area contributed by atoms with Crippen LogP contribution in [0.15, 0.2) is 35.1 Å². The lowest BCUT2D eigenvalue weighted by Crippen LogP contribution is -2.06. The summed E-state index contributed by atoms with van der Waals surface area (Å²) >= 11 is 0. The Kier molecular flexibility index (Phi) is 2.77. The molecule has 18 heavy (non-hydrogen) atoms. The average Bonchev–Trinajstić information content (AvgIpc) is 2.80. The van der Waals surface area contributed by atoms with E-state index in [1.54, 1.807) is 0 Å². The van der Waals surface area contributed by atoms with Crippen molar-refractivity contribution in [2.45, 2.75) is 6.18 Å². The first-order valence-corrected chi connectivity index (χ1v) is 4.65. The fourth-order valence-corrected chi connectivity index (χ4v) is 1.39. The Labute approximate surface area is 98.0 Å². The predicted molar refractivity (Wildman–Crippen MR) is 53.6 cm³/mol. The molecule has 0 atom stereocenters. The number of aromatic nitrogens is 1. The standard InChI is InChI=1S/C10H5F3N2O3/c11-10(12,13)7-3-6(9-1-2-18-14-9)4-8(5-7)15(16)17/h1-5H. The van der Waals surface area contributed by atoms with Gasteiger partial charge in [-0.25, -0.2) is 0 Å². The van der Waals surface area contributed by atoms with E-state index >= 15 is 0 Å². The Morgan fingerprint density at radius 3 is 2.50 bits per heavy atom. The number of non-ortho nitro benzene ring substituents is 1. The molecular formula is C10H5F3N2O3. The lowest BCUT2D eigenvalue weighted by Gasteiger charge is -2.07. The number of hydrogen-bond acceptors (Lipinski definition) is 4. The Balaban J connectivity index is 2.61. The van der Waals surface area contributed by atoms with Crippen LogP contribution >= 0.6 is 0 Å². The van der Waals surface area contributed by atoms with E-state index in [4.69, 9.17) is 0 Å². The number of alkyl halides is 3. The van der Waals surface area contributed by atoms with Crippen molar-refractivity contribution in [3.05, 3.63) is 46.2 Å². The van der Waals surface area contributed by atoms with E-state index in [0.717, 1.165) is 12.1 Å². The van der Waals surface area contributed by atoms with Crippen molar-refractivity contribution in [3.8, 4) is 11.3 Å². The highest BCUT2D eigenvalue weighted by atomic mass is 19.4. The molecule has 0 aliphatic carbocycles. The summed E-state index contributed by atoms with van der Waals surface area (Å²) in [5.74, 6) is 0. The minimum absolute atomic E-state index is 0.0229. The molecule has 2 rings (SSSR count). The molecule has 0 saturated heterocycles. The number of nitrogens with zero attached hydrogens (tertiary/aromatic N) is 2. The third-order valence-electron chi connectivity index (χ3n) is 2.19. The second kappa shape index (κ2) is 4.13. The number of rotatable bonds is 2. The van der Waals surface area contributed by atoms with Gasteiger partial charge in [-0.15, -0.1) is 0 Å². The molecule has 8 heteroatoms. The number of nitro benzene ring substituents is 1. The summed E-state index contributed by atoms with van der Waals surface area (Å²) in [6, 6.07) is 3.58. The normalized spacial score (nSPS) is 11.5. The van der Waals surface area contributed by atoms with Crippen molar-refractivity contribution in [2.75, 3.05) is 0 Å². The average molecular weight is 258 g/mol. The first-order valence-electron chi connectivity index (χ1n) is 4.65. The topological polar surface area (TPSA) is 69.2 Å². The van der Waals surface area contributed by atoms with Gasteiger partial charge in [-0.1, -0.05) is 5.16 Å². The van der Waals surface area contributed by atoms with Crippen molar-refractivity contribution >= 4 is 5.69 Å². The zero-order valence-electron chi connectivity index (χ0n) is 8.64. The molecule has 1 aromatic heterocycles. The SMILES string of the molecule is O=[N+]([O-])c1cc(-c2ccon2)cc(C(F)(F)F)c1. The maximum atomic E-state index is 12.6. The number of benzene rings is 1. The molecular weight excluding hydrogens is 253 g/mol. The van der Waals surface area contributed by atoms with Crippen LogP contribution in [0.2, 0.25) is 0 Å². The highest BCUT2D eigenvalue weighted by Gasteiger charge is 2.33. The molecule has 0 radical (unpaired) electrons. The lowest BCUT2D eigenvalue weighted by atomic mass is 10.1. The Morgan fingerprint density at radius 2 is 2.00 bits per heavy atom. The molecule has 0 aliphatic heterocycles. The molecule has 94 valence electrons. The molecule has 0 N–H and O–H groups in total.